The minimum absolute atomic E-state index is 0.0271. The summed E-state index contributed by atoms with van der Waals surface area (Å²) in [6.45, 7) is 3.20. The Morgan fingerprint density at radius 1 is 1.53 bits per heavy atom. The molecular weight excluding hydrogens is 248 g/mol. The van der Waals surface area contributed by atoms with Gasteiger partial charge in [0.1, 0.15) is 5.54 Å². The Morgan fingerprint density at radius 3 is 2.84 bits per heavy atom. The smallest absolute Gasteiger partial charge is 0.322 e. The van der Waals surface area contributed by atoms with Gasteiger partial charge in [0.2, 0.25) is 5.91 Å². The van der Waals surface area contributed by atoms with Gasteiger partial charge in [-0.3, -0.25) is 14.9 Å². The van der Waals surface area contributed by atoms with Crippen LogP contribution in [0.2, 0.25) is 0 Å². The molecule has 1 spiro atoms. The van der Waals surface area contributed by atoms with E-state index in [1.165, 1.54) is 0 Å². The van der Waals surface area contributed by atoms with E-state index >= 15 is 0 Å². The zero-order valence-electron chi connectivity index (χ0n) is 11.1. The first-order valence-electron chi connectivity index (χ1n) is 6.61. The molecule has 0 saturated carbocycles. The molecule has 7 nitrogen and oxygen atoms in total. The molecule has 4 N–H and O–H groups in total. The van der Waals surface area contributed by atoms with Gasteiger partial charge in [0.05, 0.1) is 6.54 Å². The summed E-state index contributed by atoms with van der Waals surface area (Å²) < 4.78 is 0. The van der Waals surface area contributed by atoms with Crippen LogP contribution in [-0.2, 0) is 9.59 Å². The lowest BCUT2D eigenvalue weighted by Crippen LogP contribution is -2.50. The van der Waals surface area contributed by atoms with Crippen LogP contribution in [0.4, 0.5) is 4.79 Å². The molecular formula is C12H20N4O3. The van der Waals surface area contributed by atoms with Gasteiger partial charge in [0, 0.05) is 12.5 Å². The van der Waals surface area contributed by atoms with E-state index in [-0.39, 0.29) is 24.3 Å². The summed E-state index contributed by atoms with van der Waals surface area (Å²) in [6.07, 6.45) is 2.03. The molecule has 2 unspecified atom stereocenters. The lowest BCUT2D eigenvalue weighted by atomic mass is 9.99. The number of imide groups is 1. The summed E-state index contributed by atoms with van der Waals surface area (Å²) in [7, 11) is 0. The Hall–Kier alpha value is -1.63. The number of amides is 4. The van der Waals surface area contributed by atoms with E-state index in [0.717, 1.165) is 12.8 Å². The minimum atomic E-state index is -0.916. The summed E-state index contributed by atoms with van der Waals surface area (Å²) >= 11 is 0. The maximum Gasteiger partial charge on any atom is 0.322 e. The number of nitrogens with zero attached hydrogens (tertiary/aromatic N) is 1. The van der Waals surface area contributed by atoms with Gasteiger partial charge in [0.15, 0.2) is 0 Å². The van der Waals surface area contributed by atoms with Gasteiger partial charge in [-0.15, -0.1) is 0 Å². The minimum Gasteiger partial charge on any atom is -0.339 e. The van der Waals surface area contributed by atoms with E-state index in [1.807, 2.05) is 6.92 Å². The molecule has 2 rings (SSSR count). The average molecular weight is 268 g/mol. The summed E-state index contributed by atoms with van der Waals surface area (Å²) in [5.41, 5.74) is 4.52. The van der Waals surface area contributed by atoms with Crippen molar-refractivity contribution >= 4 is 17.8 Å². The number of nitrogens with one attached hydrogen (secondary N) is 2. The molecule has 2 aliphatic heterocycles. The number of rotatable bonds is 4. The molecule has 0 radical (unpaired) electrons. The molecule has 106 valence electrons. The quantitative estimate of drug-likeness (QED) is 0.579. The van der Waals surface area contributed by atoms with Crippen LogP contribution in [0.3, 0.4) is 0 Å². The van der Waals surface area contributed by atoms with Crippen LogP contribution < -0.4 is 16.4 Å². The Kier molecular flexibility index (Phi) is 3.75. The van der Waals surface area contributed by atoms with E-state index in [1.54, 1.807) is 4.90 Å². The van der Waals surface area contributed by atoms with Gasteiger partial charge in [-0.1, -0.05) is 6.92 Å². The molecule has 2 heterocycles. The number of hydrogen-bond donors (Lipinski definition) is 3. The van der Waals surface area contributed by atoms with Gasteiger partial charge in [-0.25, -0.2) is 4.79 Å². The first-order chi connectivity index (χ1) is 8.98. The summed E-state index contributed by atoms with van der Waals surface area (Å²) in [6, 6.07) is -0.476. The van der Waals surface area contributed by atoms with Crippen LogP contribution in [0.5, 0.6) is 0 Å². The first-order valence-corrected chi connectivity index (χ1v) is 6.61. The maximum atomic E-state index is 12.2. The van der Waals surface area contributed by atoms with Crippen molar-refractivity contribution in [2.75, 3.05) is 19.6 Å². The molecule has 0 aromatic heterocycles. The predicted molar refractivity (Wildman–Crippen MR) is 68.1 cm³/mol. The van der Waals surface area contributed by atoms with Crippen molar-refractivity contribution in [3.05, 3.63) is 0 Å². The van der Waals surface area contributed by atoms with E-state index in [2.05, 4.69) is 10.6 Å². The van der Waals surface area contributed by atoms with Gasteiger partial charge < -0.3 is 16.0 Å². The summed E-state index contributed by atoms with van der Waals surface area (Å²) in [4.78, 5) is 36.9. The van der Waals surface area contributed by atoms with Crippen molar-refractivity contribution in [1.29, 1.82) is 0 Å². The second-order valence-corrected chi connectivity index (χ2v) is 5.33. The van der Waals surface area contributed by atoms with Gasteiger partial charge in [-0.2, -0.15) is 0 Å². The van der Waals surface area contributed by atoms with Crippen LogP contribution in [-0.4, -0.2) is 47.9 Å². The molecule has 7 heteroatoms. The summed E-state index contributed by atoms with van der Waals surface area (Å²) in [5.74, 6) is -0.402. The Labute approximate surface area is 111 Å². The van der Waals surface area contributed by atoms with E-state index < -0.39 is 11.6 Å². The van der Waals surface area contributed by atoms with Crippen molar-refractivity contribution in [2.45, 2.75) is 31.7 Å². The molecule has 4 amide bonds. The number of nitrogens with two attached hydrogens (primary N) is 1. The van der Waals surface area contributed by atoms with Crippen LogP contribution in [0.1, 0.15) is 26.2 Å². The van der Waals surface area contributed by atoms with E-state index in [9.17, 15) is 14.4 Å². The summed E-state index contributed by atoms with van der Waals surface area (Å²) in [5, 5.41) is 4.86. The third-order valence-corrected chi connectivity index (χ3v) is 3.86. The van der Waals surface area contributed by atoms with E-state index in [0.29, 0.717) is 19.5 Å². The Balaban J connectivity index is 1.96. The molecule has 2 fully saturated rings. The van der Waals surface area contributed by atoms with Crippen LogP contribution in [0.15, 0.2) is 0 Å². The first kappa shape index (κ1) is 13.8. The SMILES string of the molecule is CC(CCCN)C(=O)N1CCC2(C1)NC(=O)NC2=O. The van der Waals surface area contributed by atoms with Gasteiger partial charge in [0.25, 0.3) is 5.91 Å². The lowest BCUT2D eigenvalue weighted by molar-refractivity contribution is -0.134. The number of likely N-dealkylation sites (tertiary alicyclic amines) is 1. The number of carbonyl (C=O) groups is 3. The number of urea groups is 1. The maximum absolute atomic E-state index is 12.2. The average Bonchev–Trinajstić information content (AvgIpc) is 2.91. The number of hydrogen-bond acceptors (Lipinski definition) is 4. The molecule has 2 atom stereocenters. The van der Waals surface area contributed by atoms with E-state index in [4.69, 9.17) is 5.73 Å². The molecule has 0 aliphatic carbocycles. The van der Waals surface area contributed by atoms with Crippen LogP contribution >= 0.6 is 0 Å². The standard InChI is InChI=1S/C12H20N4O3/c1-8(3-2-5-13)9(17)16-6-4-12(7-16)10(18)14-11(19)15-12/h8H,2-7,13H2,1H3,(H2,14,15,18,19). The monoisotopic (exact) mass is 268 g/mol. The largest absolute Gasteiger partial charge is 0.339 e. The zero-order chi connectivity index (χ0) is 14.0. The fourth-order valence-corrected chi connectivity index (χ4v) is 2.67. The second kappa shape index (κ2) is 5.16. The van der Waals surface area contributed by atoms with Crippen molar-refractivity contribution in [3.63, 3.8) is 0 Å². The van der Waals surface area contributed by atoms with Gasteiger partial charge >= 0.3 is 6.03 Å². The van der Waals surface area contributed by atoms with Crippen molar-refractivity contribution in [3.8, 4) is 0 Å². The number of carbonyl (C=O) groups excluding carboxylic acids is 3. The fraction of sp³-hybridized carbons (Fsp3) is 0.750. The lowest BCUT2D eigenvalue weighted by Gasteiger charge is -2.23. The Bertz CT molecular complexity index is 412. The third kappa shape index (κ3) is 2.56. The topological polar surface area (TPSA) is 105 Å². The highest BCUT2D eigenvalue weighted by molar-refractivity contribution is 6.07. The molecule has 2 aliphatic rings. The van der Waals surface area contributed by atoms with Crippen molar-refractivity contribution < 1.29 is 14.4 Å². The molecule has 0 aromatic rings. The van der Waals surface area contributed by atoms with Crippen LogP contribution in [0.25, 0.3) is 0 Å². The van der Waals surface area contributed by atoms with Gasteiger partial charge in [-0.05, 0) is 25.8 Å². The zero-order valence-corrected chi connectivity index (χ0v) is 11.1. The predicted octanol–water partition coefficient (Wildman–Crippen LogP) is -0.828. The highest BCUT2D eigenvalue weighted by Gasteiger charge is 2.51. The Morgan fingerprint density at radius 2 is 2.26 bits per heavy atom. The molecule has 0 bridgehead atoms. The van der Waals surface area contributed by atoms with Crippen molar-refractivity contribution in [2.24, 2.45) is 11.7 Å². The normalized spacial score (nSPS) is 27.6. The van der Waals surface area contributed by atoms with Crippen LogP contribution in [0, 0.1) is 5.92 Å². The second-order valence-electron chi connectivity index (χ2n) is 5.33. The highest BCUT2D eigenvalue weighted by Crippen LogP contribution is 2.26. The third-order valence-electron chi connectivity index (χ3n) is 3.86. The van der Waals surface area contributed by atoms with Crippen molar-refractivity contribution in [1.82, 2.24) is 15.5 Å². The highest BCUT2D eigenvalue weighted by atomic mass is 16.2. The molecule has 19 heavy (non-hydrogen) atoms. The molecule has 0 aromatic carbocycles. The molecule has 2 saturated heterocycles. The fourth-order valence-electron chi connectivity index (χ4n) is 2.67.